The highest BCUT2D eigenvalue weighted by Crippen LogP contribution is 2.28. The van der Waals surface area contributed by atoms with Crippen LogP contribution >= 0.6 is 12.2 Å². The van der Waals surface area contributed by atoms with Gasteiger partial charge in [0, 0.05) is 5.56 Å². The standard InChI is InChI=1S/C23H19FN4O2S/c1-29-21-13-17(7-12-20(21)30-15-16-5-3-2-4-6-16)14-25-28-22(26-27-23(28)31)18-8-10-19(24)11-9-18/h2-14H,15H2,1H3,(H,27,31). The molecule has 156 valence electrons. The number of nitrogens with one attached hydrogen (secondary N) is 1. The molecule has 0 aliphatic carbocycles. The zero-order chi connectivity index (χ0) is 21.6. The lowest BCUT2D eigenvalue weighted by molar-refractivity contribution is 0.284. The highest BCUT2D eigenvalue weighted by molar-refractivity contribution is 7.71. The first-order chi connectivity index (χ1) is 15.1. The molecule has 1 heterocycles. The van der Waals surface area contributed by atoms with Crippen molar-refractivity contribution in [1.29, 1.82) is 0 Å². The van der Waals surface area contributed by atoms with Gasteiger partial charge in [-0.3, -0.25) is 0 Å². The van der Waals surface area contributed by atoms with Crippen LogP contribution in [0.25, 0.3) is 11.4 Å². The molecular weight excluding hydrogens is 415 g/mol. The molecule has 0 amide bonds. The van der Waals surface area contributed by atoms with Crippen LogP contribution in [0.15, 0.2) is 77.9 Å². The van der Waals surface area contributed by atoms with E-state index in [9.17, 15) is 4.39 Å². The normalized spacial score (nSPS) is 11.0. The van der Waals surface area contributed by atoms with Crippen molar-refractivity contribution in [3.8, 4) is 22.9 Å². The Morgan fingerprint density at radius 3 is 2.58 bits per heavy atom. The van der Waals surface area contributed by atoms with Gasteiger partial charge in [-0.05, 0) is 65.8 Å². The van der Waals surface area contributed by atoms with E-state index < -0.39 is 0 Å². The fourth-order valence-corrected chi connectivity index (χ4v) is 3.11. The van der Waals surface area contributed by atoms with Gasteiger partial charge in [0.1, 0.15) is 12.4 Å². The average molecular weight is 434 g/mol. The first-order valence-corrected chi connectivity index (χ1v) is 9.87. The topological polar surface area (TPSA) is 64.4 Å². The van der Waals surface area contributed by atoms with Gasteiger partial charge in [0.05, 0.1) is 13.3 Å². The molecule has 0 atom stereocenters. The maximum Gasteiger partial charge on any atom is 0.216 e. The number of aromatic nitrogens is 3. The van der Waals surface area contributed by atoms with Crippen molar-refractivity contribution in [2.24, 2.45) is 5.10 Å². The van der Waals surface area contributed by atoms with Crippen LogP contribution in [0.1, 0.15) is 11.1 Å². The highest BCUT2D eigenvalue weighted by Gasteiger charge is 2.09. The van der Waals surface area contributed by atoms with Gasteiger partial charge in [-0.15, -0.1) is 0 Å². The van der Waals surface area contributed by atoms with Crippen molar-refractivity contribution in [2.75, 3.05) is 7.11 Å². The fourth-order valence-electron chi connectivity index (χ4n) is 2.93. The van der Waals surface area contributed by atoms with Gasteiger partial charge in [-0.2, -0.15) is 14.9 Å². The molecule has 0 spiro atoms. The quantitative estimate of drug-likeness (QED) is 0.320. The molecule has 0 aliphatic rings. The first kappa shape index (κ1) is 20.5. The van der Waals surface area contributed by atoms with Gasteiger partial charge in [-0.1, -0.05) is 30.3 Å². The summed E-state index contributed by atoms with van der Waals surface area (Å²) >= 11 is 5.28. The Kier molecular flexibility index (Phi) is 6.18. The van der Waals surface area contributed by atoms with E-state index in [4.69, 9.17) is 21.7 Å². The third kappa shape index (κ3) is 4.87. The third-order valence-corrected chi connectivity index (χ3v) is 4.76. The molecule has 31 heavy (non-hydrogen) atoms. The third-order valence-electron chi connectivity index (χ3n) is 4.50. The molecule has 3 aromatic carbocycles. The van der Waals surface area contributed by atoms with Crippen LogP contribution in [0, 0.1) is 10.6 Å². The zero-order valence-corrected chi connectivity index (χ0v) is 17.5. The molecule has 0 aliphatic heterocycles. The molecule has 0 bridgehead atoms. The number of aromatic amines is 1. The molecule has 0 radical (unpaired) electrons. The van der Waals surface area contributed by atoms with Gasteiger partial charge < -0.3 is 9.47 Å². The minimum absolute atomic E-state index is 0.324. The zero-order valence-electron chi connectivity index (χ0n) is 16.7. The number of hydrogen-bond acceptors (Lipinski definition) is 5. The molecule has 0 saturated heterocycles. The van der Waals surface area contributed by atoms with Crippen molar-refractivity contribution < 1.29 is 13.9 Å². The van der Waals surface area contributed by atoms with Crippen LogP contribution in [-0.4, -0.2) is 28.2 Å². The van der Waals surface area contributed by atoms with Crippen LogP contribution in [0.3, 0.4) is 0 Å². The molecule has 1 N–H and O–H groups in total. The summed E-state index contributed by atoms with van der Waals surface area (Å²) in [6.07, 6.45) is 1.64. The van der Waals surface area contributed by atoms with Crippen LogP contribution in [0.4, 0.5) is 4.39 Å². The summed E-state index contributed by atoms with van der Waals surface area (Å²) in [6, 6.07) is 21.4. The molecule has 4 rings (SSSR count). The van der Waals surface area contributed by atoms with E-state index in [1.54, 1.807) is 25.5 Å². The Hall–Kier alpha value is -3.78. The Morgan fingerprint density at radius 1 is 1.06 bits per heavy atom. The smallest absolute Gasteiger partial charge is 0.216 e. The van der Waals surface area contributed by atoms with Crippen LogP contribution in [-0.2, 0) is 6.61 Å². The minimum Gasteiger partial charge on any atom is -0.493 e. The van der Waals surface area contributed by atoms with Crippen molar-refractivity contribution >= 4 is 18.4 Å². The molecule has 0 fully saturated rings. The number of halogens is 1. The summed E-state index contributed by atoms with van der Waals surface area (Å²) in [5.41, 5.74) is 2.54. The van der Waals surface area contributed by atoms with E-state index in [2.05, 4.69) is 15.3 Å². The van der Waals surface area contributed by atoms with Gasteiger partial charge in [0.15, 0.2) is 17.3 Å². The number of benzene rings is 3. The second-order valence-electron chi connectivity index (χ2n) is 6.60. The van der Waals surface area contributed by atoms with E-state index in [-0.39, 0.29) is 5.82 Å². The Morgan fingerprint density at radius 2 is 1.84 bits per heavy atom. The summed E-state index contributed by atoms with van der Waals surface area (Å²) < 4.78 is 26.4. The van der Waals surface area contributed by atoms with Crippen molar-refractivity contribution in [3.05, 3.63) is 94.5 Å². The summed E-state index contributed by atoms with van der Waals surface area (Å²) in [5.74, 6) is 1.38. The van der Waals surface area contributed by atoms with E-state index >= 15 is 0 Å². The maximum absolute atomic E-state index is 13.2. The van der Waals surface area contributed by atoms with Crippen LogP contribution in [0.5, 0.6) is 11.5 Å². The number of hydrogen-bond donors (Lipinski definition) is 1. The van der Waals surface area contributed by atoms with Gasteiger partial charge in [0.2, 0.25) is 4.77 Å². The monoisotopic (exact) mass is 434 g/mol. The molecule has 1 aromatic heterocycles. The van der Waals surface area contributed by atoms with E-state index in [1.807, 2.05) is 48.5 Å². The number of methoxy groups -OCH3 is 1. The lowest BCUT2D eigenvalue weighted by atomic mass is 10.2. The molecule has 0 saturated carbocycles. The van der Waals surface area contributed by atoms with Crippen molar-refractivity contribution in [2.45, 2.75) is 6.61 Å². The van der Waals surface area contributed by atoms with Crippen LogP contribution < -0.4 is 9.47 Å². The Bertz CT molecular complexity index is 1250. The lowest BCUT2D eigenvalue weighted by Crippen LogP contribution is -1.99. The van der Waals surface area contributed by atoms with Gasteiger partial charge in [-0.25, -0.2) is 9.49 Å². The number of rotatable bonds is 7. The second-order valence-corrected chi connectivity index (χ2v) is 6.99. The van der Waals surface area contributed by atoms with E-state index in [0.717, 1.165) is 11.1 Å². The van der Waals surface area contributed by atoms with Crippen LogP contribution in [0.2, 0.25) is 0 Å². The number of nitrogens with zero attached hydrogens (tertiary/aromatic N) is 3. The first-order valence-electron chi connectivity index (χ1n) is 9.46. The Labute approximate surface area is 183 Å². The van der Waals surface area contributed by atoms with E-state index in [1.165, 1.54) is 16.8 Å². The maximum atomic E-state index is 13.2. The number of ether oxygens (including phenoxy) is 2. The van der Waals surface area contributed by atoms with Crippen molar-refractivity contribution in [1.82, 2.24) is 14.9 Å². The fraction of sp³-hybridized carbons (Fsp3) is 0.0870. The lowest BCUT2D eigenvalue weighted by Gasteiger charge is -2.11. The minimum atomic E-state index is -0.324. The molecule has 8 heteroatoms. The van der Waals surface area contributed by atoms with E-state index in [0.29, 0.717) is 34.3 Å². The predicted molar refractivity (Wildman–Crippen MR) is 120 cm³/mol. The largest absolute Gasteiger partial charge is 0.493 e. The van der Waals surface area contributed by atoms with Crippen molar-refractivity contribution in [3.63, 3.8) is 0 Å². The van der Waals surface area contributed by atoms with Gasteiger partial charge in [0.25, 0.3) is 0 Å². The SMILES string of the molecule is COc1cc(C=Nn2c(-c3ccc(F)cc3)n[nH]c2=S)ccc1OCc1ccccc1. The molecular formula is C23H19FN4O2S. The molecule has 0 unspecified atom stereocenters. The average Bonchev–Trinajstić information content (AvgIpc) is 3.18. The van der Waals surface area contributed by atoms with Gasteiger partial charge >= 0.3 is 0 Å². The number of H-pyrrole nitrogens is 1. The second kappa shape index (κ2) is 9.36. The predicted octanol–water partition coefficient (Wildman–Crippen LogP) is 5.22. The highest BCUT2D eigenvalue weighted by atomic mass is 32.1. The summed E-state index contributed by atoms with van der Waals surface area (Å²) in [6.45, 7) is 0.440. The molecule has 6 nitrogen and oxygen atoms in total. The molecule has 4 aromatic rings. The summed E-state index contributed by atoms with van der Waals surface area (Å²) in [7, 11) is 1.59. The summed E-state index contributed by atoms with van der Waals surface area (Å²) in [4.78, 5) is 0. The summed E-state index contributed by atoms with van der Waals surface area (Å²) in [5, 5.41) is 11.3. The Balaban J connectivity index is 1.55.